The van der Waals surface area contributed by atoms with Gasteiger partial charge in [0.2, 0.25) is 0 Å². The van der Waals surface area contributed by atoms with Crippen molar-refractivity contribution >= 4 is 38.0 Å². The van der Waals surface area contributed by atoms with Crippen LogP contribution in [0, 0.1) is 17.8 Å². The number of rotatable bonds is 4. The molecule has 0 spiro atoms. The molecule has 3 nitrogen and oxygen atoms in total. The Morgan fingerprint density at radius 3 is 3.05 bits per heavy atom. The molecule has 2 aromatic rings. The van der Waals surface area contributed by atoms with Gasteiger partial charge < -0.3 is 4.90 Å². The molecule has 0 aromatic carbocycles. The molecule has 0 saturated heterocycles. The Labute approximate surface area is 132 Å². The topological polar surface area (TPSA) is 20.5 Å². The van der Waals surface area contributed by atoms with E-state index in [0.717, 1.165) is 33.9 Å². The van der Waals surface area contributed by atoms with Crippen molar-refractivity contribution in [1.29, 1.82) is 0 Å². The number of nitrogens with zero attached hydrogens (tertiary/aromatic N) is 3. The van der Waals surface area contributed by atoms with Crippen molar-refractivity contribution in [1.82, 2.24) is 9.38 Å². The molecule has 2 fully saturated rings. The van der Waals surface area contributed by atoms with Crippen LogP contribution in [0.1, 0.15) is 31.4 Å². The maximum atomic E-state index is 4.82. The molecule has 4 rings (SSSR count). The van der Waals surface area contributed by atoms with Gasteiger partial charge >= 0.3 is 0 Å². The molecule has 3 atom stereocenters. The molecule has 3 unspecified atom stereocenters. The zero-order valence-corrected chi connectivity index (χ0v) is 14.2. The lowest BCUT2D eigenvalue weighted by atomic mass is 9.88. The minimum Gasteiger partial charge on any atom is -0.358 e. The Balaban J connectivity index is 1.57. The van der Waals surface area contributed by atoms with E-state index in [1.54, 1.807) is 11.3 Å². The summed E-state index contributed by atoms with van der Waals surface area (Å²) in [6, 6.07) is 0. The van der Waals surface area contributed by atoms with E-state index in [9.17, 15) is 0 Å². The van der Waals surface area contributed by atoms with Crippen molar-refractivity contribution in [2.45, 2.75) is 31.0 Å². The van der Waals surface area contributed by atoms with Gasteiger partial charge in [-0.3, -0.25) is 4.40 Å². The van der Waals surface area contributed by atoms with Gasteiger partial charge in [0, 0.05) is 30.5 Å². The fraction of sp³-hybridized carbons (Fsp3) is 0.667. The molecule has 0 N–H and O–H groups in total. The van der Waals surface area contributed by atoms with Crippen molar-refractivity contribution in [2.24, 2.45) is 17.8 Å². The van der Waals surface area contributed by atoms with E-state index in [2.05, 4.69) is 43.9 Å². The maximum Gasteiger partial charge on any atom is 0.195 e. The van der Waals surface area contributed by atoms with Gasteiger partial charge in [-0.05, 0) is 37.0 Å². The summed E-state index contributed by atoms with van der Waals surface area (Å²) in [5, 5.41) is 2.97. The van der Waals surface area contributed by atoms with E-state index in [1.165, 1.54) is 37.9 Å². The van der Waals surface area contributed by atoms with Crippen LogP contribution in [0.3, 0.4) is 0 Å². The summed E-state index contributed by atoms with van der Waals surface area (Å²) in [5.41, 5.74) is 1.28. The lowest BCUT2D eigenvalue weighted by molar-refractivity contribution is 0.337. The third-order valence-electron chi connectivity index (χ3n) is 5.22. The van der Waals surface area contributed by atoms with Gasteiger partial charge in [-0.15, -0.1) is 11.3 Å². The van der Waals surface area contributed by atoms with Crippen LogP contribution in [0.25, 0.3) is 4.96 Å². The van der Waals surface area contributed by atoms with Gasteiger partial charge in [-0.1, -0.05) is 22.4 Å². The highest BCUT2D eigenvalue weighted by atomic mass is 79.9. The van der Waals surface area contributed by atoms with Crippen LogP contribution in [0.15, 0.2) is 11.6 Å². The number of fused-ring (bicyclic) bond motifs is 3. The molecule has 2 aromatic heterocycles. The number of hydrogen-bond donors (Lipinski definition) is 0. The number of anilines is 1. The van der Waals surface area contributed by atoms with Crippen molar-refractivity contribution in [3.05, 3.63) is 17.3 Å². The molecule has 5 heteroatoms. The molecule has 2 heterocycles. The summed E-state index contributed by atoms with van der Waals surface area (Å²) in [6.07, 6.45) is 8.01. The molecule has 2 saturated carbocycles. The number of aromatic nitrogens is 2. The standard InChI is InChI=1S/C15H20BrN3S/c1-18(9-12-7-10-2-3-11(12)6-10)14-13(8-16)19-4-5-20-15(19)17-14/h4-5,10-12H,2-3,6-9H2,1H3. The Hall–Kier alpha value is -0.550. The van der Waals surface area contributed by atoms with Crippen molar-refractivity contribution < 1.29 is 0 Å². The number of alkyl halides is 1. The molecule has 108 valence electrons. The highest BCUT2D eigenvalue weighted by Gasteiger charge is 2.40. The number of imidazole rings is 1. The van der Waals surface area contributed by atoms with Gasteiger partial charge in [0.25, 0.3) is 0 Å². The predicted molar refractivity (Wildman–Crippen MR) is 87.9 cm³/mol. The molecule has 2 bridgehead atoms. The summed E-state index contributed by atoms with van der Waals surface area (Å²) in [4.78, 5) is 8.32. The third kappa shape index (κ3) is 2.01. The Bertz CT molecular complexity index is 620. The number of thiazole rings is 1. The van der Waals surface area contributed by atoms with Gasteiger partial charge in [-0.2, -0.15) is 0 Å². The first kappa shape index (κ1) is 13.1. The van der Waals surface area contributed by atoms with E-state index in [0.29, 0.717) is 0 Å². The monoisotopic (exact) mass is 353 g/mol. The summed E-state index contributed by atoms with van der Waals surface area (Å²) < 4.78 is 2.21. The van der Waals surface area contributed by atoms with Crippen LogP contribution in [0.4, 0.5) is 5.82 Å². The van der Waals surface area contributed by atoms with E-state index in [-0.39, 0.29) is 0 Å². The van der Waals surface area contributed by atoms with E-state index >= 15 is 0 Å². The smallest absolute Gasteiger partial charge is 0.195 e. The molecule has 0 aliphatic heterocycles. The summed E-state index contributed by atoms with van der Waals surface area (Å²) in [7, 11) is 2.21. The molecule has 2 aliphatic rings. The van der Waals surface area contributed by atoms with Crippen molar-refractivity contribution in [2.75, 3.05) is 18.5 Å². The largest absolute Gasteiger partial charge is 0.358 e. The van der Waals surface area contributed by atoms with Gasteiger partial charge in [0.1, 0.15) is 0 Å². The predicted octanol–water partition coefficient (Wildman–Crippen LogP) is 4.16. The Morgan fingerprint density at radius 2 is 2.35 bits per heavy atom. The third-order valence-corrected chi connectivity index (χ3v) is 6.51. The summed E-state index contributed by atoms with van der Waals surface area (Å²) in [6.45, 7) is 1.17. The number of halogens is 1. The fourth-order valence-corrected chi connectivity index (χ4v) is 5.54. The lowest BCUT2D eigenvalue weighted by Crippen LogP contribution is -2.29. The molecular formula is C15H20BrN3S. The zero-order valence-electron chi connectivity index (χ0n) is 11.8. The highest BCUT2D eigenvalue weighted by molar-refractivity contribution is 9.08. The Kier molecular flexibility index (Phi) is 3.30. The quantitative estimate of drug-likeness (QED) is 0.769. The highest BCUT2D eigenvalue weighted by Crippen LogP contribution is 2.48. The van der Waals surface area contributed by atoms with Crippen LogP contribution in [0.2, 0.25) is 0 Å². The normalized spacial score (nSPS) is 28.6. The van der Waals surface area contributed by atoms with Gasteiger partial charge in [-0.25, -0.2) is 4.98 Å². The molecule has 20 heavy (non-hydrogen) atoms. The second-order valence-electron chi connectivity index (χ2n) is 6.39. The minimum absolute atomic E-state index is 0.862. The minimum atomic E-state index is 0.862. The molecule has 0 radical (unpaired) electrons. The molecule has 2 aliphatic carbocycles. The van der Waals surface area contributed by atoms with Gasteiger partial charge in [0.05, 0.1) is 5.69 Å². The second-order valence-corrected chi connectivity index (χ2v) is 7.82. The van der Waals surface area contributed by atoms with Crippen LogP contribution in [-0.4, -0.2) is 23.0 Å². The van der Waals surface area contributed by atoms with E-state index < -0.39 is 0 Å². The fourth-order valence-electron chi connectivity index (χ4n) is 4.29. The zero-order chi connectivity index (χ0) is 13.7. The van der Waals surface area contributed by atoms with Crippen LogP contribution in [-0.2, 0) is 5.33 Å². The van der Waals surface area contributed by atoms with E-state index in [4.69, 9.17) is 4.98 Å². The SMILES string of the molecule is CN(CC1CC2CCC1C2)c1nc2sccn2c1CBr. The maximum absolute atomic E-state index is 4.82. The first-order chi connectivity index (χ1) is 9.76. The lowest BCUT2D eigenvalue weighted by Gasteiger charge is -2.27. The summed E-state index contributed by atoms with van der Waals surface area (Å²) in [5.74, 6) is 4.07. The van der Waals surface area contributed by atoms with Crippen molar-refractivity contribution in [3.8, 4) is 0 Å². The molecule has 0 amide bonds. The second kappa shape index (κ2) is 5.02. The van der Waals surface area contributed by atoms with Crippen LogP contribution in [0.5, 0.6) is 0 Å². The number of hydrogen-bond acceptors (Lipinski definition) is 3. The van der Waals surface area contributed by atoms with Gasteiger partial charge in [0.15, 0.2) is 10.8 Å². The molecular weight excluding hydrogens is 334 g/mol. The average molecular weight is 354 g/mol. The van der Waals surface area contributed by atoms with E-state index in [1.807, 2.05) is 0 Å². The summed E-state index contributed by atoms with van der Waals surface area (Å²) >= 11 is 5.34. The average Bonchev–Trinajstić information content (AvgIpc) is 3.17. The Morgan fingerprint density at radius 1 is 1.45 bits per heavy atom. The van der Waals surface area contributed by atoms with Crippen LogP contribution < -0.4 is 4.90 Å². The first-order valence-corrected chi connectivity index (χ1v) is 9.48. The first-order valence-electron chi connectivity index (χ1n) is 7.47. The van der Waals surface area contributed by atoms with Crippen molar-refractivity contribution in [3.63, 3.8) is 0 Å². The van der Waals surface area contributed by atoms with Crippen LogP contribution >= 0.6 is 27.3 Å².